The Bertz CT molecular complexity index is 551. The van der Waals surface area contributed by atoms with Gasteiger partial charge in [0.25, 0.3) is 0 Å². The molecule has 0 amide bonds. The molecule has 5 saturated carbocycles. The molecule has 0 bridgehead atoms. The molecular weight excluding hydrogens is 369 g/mol. The highest BCUT2D eigenvalue weighted by molar-refractivity contribution is 5.06. The molecule has 0 N–H and O–H groups in total. The fraction of sp³-hybridized carbons (Fsp3) is 1.00. The number of hydrogen-bond donors (Lipinski definition) is 0. The van der Waals surface area contributed by atoms with Crippen molar-refractivity contribution in [1.29, 1.82) is 0 Å². The van der Waals surface area contributed by atoms with Crippen molar-refractivity contribution in [3.05, 3.63) is 0 Å². The lowest BCUT2D eigenvalue weighted by Gasteiger charge is -2.56. The summed E-state index contributed by atoms with van der Waals surface area (Å²) in [6.45, 7) is 6.60. The van der Waals surface area contributed by atoms with Crippen molar-refractivity contribution >= 4 is 0 Å². The van der Waals surface area contributed by atoms with E-state index in [-0.39, 0.29) is 0 Å². The van der Waals surface area contributed by atoms with Crippen LogP contribution in [0.3, 0.4) is 0 Å². The maximum Gasteiger partial charge on any atom is 0.391 e. The molecule has 5 aliphatic rings. The van der Waals surface area contributed by atoms with Crippen molar-refractivity contribution in [3.8, 4) is 0 Å². The van der Waals surface area contributed by atoms with Crippen LogP contribution in [0.2, 0.25) is 0 Å². The second-order valence-electron chi connectivity index (χ2n) is 11.3. The molecule has 8 atom stereocenters. The maximum absolute atomic E-state index is 13.2. The van der Waals surface area contributed by atoms with E-state index in [0.717, 1.165) is 42.4 Å². The second-order valence-corrected chi connectivity index (χ2v) is 11.3. The zero-order valence-corrected chi connectivity index (χ0v) is 18.9. The largest absolute Gasteiger partial charge is 0.391 e. The van der Waals surface area contributed by atoms with Gasteiger partial charge in [-0.15, -0.1) is 0 Å². The molecule has 0 spiro atoms. The van der Waals surface area contributed by atoms with Crippen LogP contribution in [0.1, 0.15) is 104 Å². The van der Waals surface area contributed by atoms with Crippen LogP contribution in [0.5, 0.6) is 0 Å². The van der Waals surface area contributed by atoms with Crippen LogP contribution in [0.4, 0.5) is 13.2 Å². The summed E-state index contributed by atoms with van der Waals surface area (Å²) in [5, 5.41) is 0. The molecule has 29 heavy (non-hydrogen) atoms. The first kappa shape index (κ1) is 22.0. The van der Waals surface area contributed by atoms with Gasteiger partial charge >= 0.3 is 6.18 Å². The Balaban J connectivity index is 0.000000994. The maximum atomic E-state index is 13.2. The normalized spacial score (nSPS) is 46.8. The fourth-order valence-corrected chi connectivity index (χ4v) is 8.58. The SMILES string of the molecule is CC.C[C@]12CCC3[C@@H](CC[C@@H]4C[C@@H](C(F)(F)F)CC[C@H]34)C1CCC2CCC1CC1. The predicted molar refractivity (Wildman–Crippen MR) is 113 cm³/mol. The van der Waals surface area contributed by atoms with Crippen LogP contribution >= 0.6 is 0 Å². The minimum atomic E-state index is -3.97. The summed E-state index contributed by atoms with van der Waals surface area (Å²) >= 11 is 0. The lowest BCUT2D eigenvalue weighted by atomic mass is 9.49. The Morgan fingerprint density at radius 1 is 0.759 bits per heavy atom. The van der Waals surface area contributed by atoms with Gasteiger partial charge < -0.3 is 0 Å². The zero-order valence-electron chi connectivity index (χ0n) is 18.9. The van der Waals surface area contributed by atoms with Gasteiger partial charge in [0.2, 0.25) is 0 Å². The Kier molecular flexibility index (Phi) is 6.36. The van der Waals surface area contributed by atoms with Crippen molar-refractivity contribution in [2.75, 3.05) is 0 Å². The Labute approximate surface area is 176 Å². The summed E-state index contributed by atoms with van der Waals surface area (Å²) < 4.78 is 39.7. The smallest absolute Gasteiger partial charge is 0.171 e. The molecule has 0 heterocycles. The van der Waals surface area contributed by atoms with E-state index in [2.05, 4.69) is 6.92 Å². The molecule has 168 valence electrons. The summed E-state index contributed by atoms with van der Waals surface area (Å²) in [4.78, 5) is 0. The minimum absolute atomic E-state index is 0.364. The van der Waals surface area contributed by atoms with E-state index in [1.165, 1.54) is 57.8 Å². The predicted octanol–water partition coefficient (Wildman–Crippen LogP) is 8.65. The van der Waals surface area contributed by atoms with E-state index in [4.69, 9.17) is 0 Å². The fourth-order valence-electron chi connectivity index (χ4n) is 8.58. The van der Waals surface area contributed by atoms with E-state index in [1.54, 1.807) is 0 Å². The van der Waals surface area contributed by atoms with Crippen LogP contribution in [0.15, 0.2) is 0 Å². The molecule has 3 unspecified atom stereocenters. The van der Waals surface area contributed by atoms with Crippen LogP contribution in [0, 0.1) is 52.8 Å². The van der Waals surface area contributed by atoms with Crippen molar-refractivity contribution in [3.63, 3.8) is 0 Å². The van der Waals surface area contributed by atoms with E-state index in [1.807, 2.05) is 13.8 Å². The van der Waals surface area contributed by atoms with Crippen LogP contribution in [-0.2, 0) is 0 Å². The lowest BCUT2D eigenvalue weighted by molar-refractivity contribution is -0.196. The van der Waals surface area contributed by atoms with Gasteiger partial charge in [0.05, 0.1) is 5.92 Å². The number of alkyl halides is 3. The van der Waals surface area contributed by atoms with Crippen LogP contribution in [-0.4, -0.2) is 6.18 Å². The van der Waals surface area contributed by atoms with Gasteiger partial charge in [0.15, 0.2) is 0 Å². The number of rotatable bonds is 3. The summed E-state index contributed by atoms with van der Waals surface area (Å²) in [6.07, 6.45) is 11.4. The third-order valence-corrected chi connectivity index (χ3v) is 10.2. The molecular formula is C26H43F3. The van der Waals surface area contributed by atoms with E-state index < -0.39 is 12.1 Å². The average Bonchev–Trinajstić information content (AvgIpc) is 3.47. The zero-order chi connectivity index (χ0) is 20.8. The van der Waals surface area contributed by atoms with Gasteiger partial charge in [-0.2, -0.15) is 13.2 Å². The van der Waals surface area contributed by atoms with Gasteiger partial charge in [-0.25, -0.2) is 0 Å². The summed E-state index contributed by atoms with van der Waals surface area (Å²) in [5.74, 6) is 4.40. The molecule has 0 aromatic rings. The third-order valence-electron chi connectivity index (χ3n) is 10.2. The van der Waals surface area contributed by atoms with Gasteiger partial charge in [0, 0.05) is 0 Å². The molecule has 0 nitrogen and oxygen atoms in total. The van der Waals surface area contributed by atoms with Crippen molar-refractivity contribution in [1.82, 2.24) is 0 Å². The standard InChI is InChI=1S/C24H37F3.C2H6/c1-23-13-12-20-19-10-7-18(24(25,26)27)14-16(19)5-9-21(20)22(23)11-8-17(23)6-4-15-2-3-15;1-2/h15-22H,2-14H2,1H3;1-2H3/t16-,17?,18+,19+,20?,21-,22?,23-;/m1./s1. The van der Waals surface area contributed by atoms with E-state index in [9.17, 15) is 13.2 Å². The first-order valence-corrected chi connectivity index (χ1v) is 12.9. The Morgan fingerprint density at radius 3 is 2.17 bits per heavy atom. The van der Waals surface area contributed by atoms with Crippen molar-refractivity contribution < 1.29 is 13.2 Å². The van der Waals surface area contributed by atoms with Crippen LogP contribution < -0.4 is 0 Å². The molecule has 0 aliphatic heterocycles. The summed E-state index contributed by atoms with van der Waals surface area (Å²) in [5.41, 5.74) is 0.548. The molecule has 3 heteroatoms. The Morgan fingerprint density at radius 2 is 1.48 bits per heavy atom. The van der Waals surface area contributed by atoms with Gasteiger partial charge in [-0.3, -0.25) is 0 Å². The topological polar surface area (TPSA) is 0 Å². The minimum Gasteiger partial charge on any atom is -0.171 e. The van der Waals surface area contributed by atoms with Gasteiger partial charge in [0.1, 0.15) is 0 Å². The molecule has 0 saturated heterocycles. The molecule has 5 rings (SSSR count). The highest BCUT2D eigenvalue weighted by atomic mass is 19.4. The van der Waals surface area contributed by atoms with Crippen molar-refractivity contribution in [2.24, 2.45) is 52.8 Å². The lowest BCUT2D eigenvalue weighted by Crippen LogP contribution is -2.49. The molecule has 0 aromatic carbocycles. The monoisotopic (exact) mass is 412 g/mol. The Hall–Kier alpha value is -0.210. The van der Waals surface area contributed by atoms with Crippen LogP contribution in [0.25, 0.3) is 0 Å². The highest BCUT2D eigenvalue weighted by Crippen LogP contribution is 2.65. The first-order chi connectivity index (χ1) is 13.9. The molecule has 0 radical (unpaired) electrons. The number of halogens is 3. The molecule has 5 fully saturated rings. The molecule has 5 aliphatic carbocycles. The number of fused-ring (bicyclic) bond motifs is 5. The summed E-state index contributed by atoms with van der Waals surface area (Å²) in [6, 6.07) is 0. The van der Waals surface area contributed by atoms with E-state index in [0.29, 0.717) is 30.1 Å². The second kappa shape index (κ2) is 8.38. The first-order valence-electron chi connectivity index (χ1n) is 12.9. The molecule has 0 aromatic heterocycles. The highest BCUT2D eigenvalue weighted by Gasteiger charge is 2.57. The van der Waals surface area contributed by atoms with Gasteiger partial charge in [-0.1, -0.05) is 40.0 Å². The van der Waals surface area contributed by atoms with Gasteiger partial charge in [-0.05, 0) is 111 Å². The van der Waals surface area contributed by atoms with Crippen molar-refractivity contribution in [2.45, 2.75) is 110 Å². The third kappa shape index (κ3) is 4.14. The number of hydrogen-bond acceptors (Lipinski definition) is 0. The van der Waals surface area contributed by atoms with E-state index >= 15 is 0 Å². The summed E-state index contributed by atoms with van der Waals surface area (Å²) in [7, 11) is 0. The quantitative estimate of drug-likeness (QED) is 0.435. The average molecular weight is 413 g/mol.